The molecule has 0 bridgehead atoms. The molecule has 29 heavy (non-hydrogen) atoms. The summed E-state index contributed by atoms with van der Waals surface area (Å²) in [5.74, 6) is -2.03. The highest BCUT2D eigenvalue weighted by atomic mass is 32.1. The highest BCUT2D eigenvalue weighted by molar-refractivity contribution is 7.18. The van der Waals surface area contributed by atoms with E-state index < -0.39 is 23.8 Å². The quantitative estimate of drug-likeness (QED) is 0.636. The molecule has 8 nitrogen and oxygen atoms in total. The predicted octanol–water partition coefficient (Wildman–Crippen LogP) is 3.38. The third kappa shape index (κ3) is 5.89. The maximum absolute atomic E-state index is 12.7. The number of rotatable bonds is 8. The maximum Gasteiger partial charge on any atom is 0.341 e. The van der Waals surface area contributed by atoms with E-state index in [0.29, 0.717) is 11.3 Å². The minimum atomic E-state index is -0.636. The Balaban J connectivity index is 2.28. The van der Waals surface area contributed by atoms with Gasteiger partial charge in [-0.3, -0.25) is 14.4 Å². The first-order valence-electron chi connectivity index (χ1n) is 8.90. The molecule has 2 rings (SSSR count). The van der Waals surface area contributed by atoms with Crippen LogP contribution >= 0.6 is 11.3 Å². The molecule has 1 aromatic carbocycles. The van der Waals surface area contributed by atoms with Gasteiger partial charge in [0.1, 0.15) is 5.00 Å². The number of hydrogen-bond acceptors (Lipinski definition) is 7. The van der Waals surface area contributed by atoms with E-state index in [1.807, 2.05) is 6.07 Å². The Hall–Kier alpha value is -3.20. The Kier molecular flexibility index (Phi) is 7.90. The van der Waals surface area contributed by atoms with Crippen LogP contribution in [0.2, 0.25) is 0 Å². The Bertz CT molecular complexity index is 907. The molecule has 1 aromatic heterocycles. The molecule has 0 saturated carbocycles. The van der Waals surface area contributed by atoms with Crippen molar-refractivity contribution >= 4 is 45.8 Å². The number of nitrogens with one attached hydrogen (secondary N) is 2. The second-order valence-corrected chi connectivity index (χ2v) is 6.95. The zero-order valence-electron chi connectivity index (χ0n) is 16.4. The Morgan fingerprint density at radius 2 is 1.72 bits per heavy atom. The number of carbonyl (C=O) groups is 4. The summed E-state index contributed by atoms with van der Waals surface area (Å²) in [6, 6.07) is 8.87. The molecule has 0 saturated heterocycles. The molecule has 9 heteroatoms. The number of thiophene rings is 1. The van der Waals surface area contributed by atoms with E-state index in [2.05, 4.69) is 15.4 Å². The van der Waals surface area contributed by atoms with Crippen LogP contribution in [0.25, 0.3) is 0 Å². The summed E-state index contributed by atoms with van der Waals surface area (Å²) in [5.41, 5.74) is 1.14. The van der Waals surface area contributed by atoms with Crippen molar-refractivity contribution in [3.63, 3.8) is 0 Å². The fourth-order valence-corrected chi connectivity index (χ4v) is 3.59. The van der Waals surface area contributed by atoms with Gasteiger partial charge >= 0.3 is 11.9 Å². The van der Waals surface area contributed by atoms with E-state index >= 15 is 0 Å². The van der Waals surface area contributed by atoms with Crippen molar-refractivity contribution < 1.29 is 28.7 Å². The summed E-state index contributed by atoms with van der Waals surface area (Å²) in [6.07, 6.45) is -0.208. The molecule has 154 valence electrons. The summed E-state index contributed by atoms with van der Waals surface area (Å²) in [6.45, 7) is 3.43. The van der Waals surface area contributed by atoms with Gasteiger partial charge in [0.25, 0.3) is 5.91 Å². The normalized spacial score (nSPS) is 10.2. The number of benzene rings is 1. The van der Waals surface area contributed by atoms with Gasteiger partial charge in [-0.25, -0.2) is 4.79 Å². The first kappa shape index (κ1) is 22.1. The molecule has 0 aliphatic rings. The van der Waals surface area contributed by atoms with E-state index in [-0.39, 0.29) is 34.9 Å². The monoisotopic (exact) mass is 418 g/mol. The number of ether oxygens (including phenoxy) is 2. The van der Waals surface area contributed by atoms with Crippen LogP contribution in [0.1, 0.15) is 45.4 Å². The molecule has 0 aliphatic carbocycles. The molecule has 0 fully saturated rings. The van der Waals surface area contributed by atoms with Crippen LogP contribution in [0, 0.1) is 6.92 Å². The van der Waals surface area contributed by atoms with Crippen LogP contribution in [0.3, 0.4) is 0 Å². The number of anilines is 2. The lowest BCUT2D eigenvalue weighted by molar-refractivity contribution is -0.141. The first-order valence-corrected chi connectivity index (χ1v) is 9.72. The number of amides is 2. The number of hydrogen-bond donors (Lipinski definition) is 2. The molecule has 0 radical (unpaired) electrons. The Labute approximate surface area is 172 Å². The van der Waals surface area contributed by atoms with Gasteiger partial charge in [0.05, 0.1) is 30.6 Å². The summed E-state index contributed by atoms with van der Waals surface area (Å²) in [5, 5.41) is 5.56. The number of carbonyl (C=O) groups excluding carboxylic acids is 4. The smallest absolute Gasteiger partial charge is 0.341 e. The molecule has 2 aromatic rings. The molecule has 0 unspecified atom stereocenters. The summed E-state index contributed by atoms with van der Waals surface area (Å²) >= 11 is 0.975. The van der Waals surface area contributed by atoms with Gasteiger partial charge < -0.3 is 20.1 Å². The summed E-state index contributed by atoms with van der Waals surface area (Å²) < 4.78 is 9.58. The second kappa shape index (κ2) is 10.4. The predicted molar refractivity (Wildman–Crippen MR) is 109 cm³/mol. The third-order valence-corrected chi connectivity index (χ3v) is 5.11. The lowest BCUT2D eigenvalue weighted by Crippen LogP contribution is -2.16. The van der Waals surface area contributed by atoms with Crippen LogP contribution in [-0.4, -0.2) is 37.5 Å². The Morgan fingerprint density at radius 1 is 1.03 bits per heavy atom. The van der Waals surface area contributed by atoms with E-state index in [1.165, 1.54) is 7.11 Å². The summed E-state index contributed by atoms with van der Waals surface area (Å²) in [7, 11) is 1.24. The molecule has 0 atom stereocenters. The van der Waals surface area contributed by atoms with Crippen molar-refractivity contribution in [2.45, 2.75) is 26.7 Å². The lowest BCUT2D eigenvalue weighted by Gasteiger charge is -2.07. The van der Waals surface area contributed by atoms with Crippen molar-refractivity contribution in [2.75, 3.05) is 24.4 Å². The van der Waals surface area contributed by atoms with Gasteiger partial charge in [0.15, 0.2) is 0 Å². The molecule has 0 spiro atoms. The van der Waals surface area contributed by atoms with E-state index in [1.54, 1.807) is 38.1 Å². The maximum atomic E-state index is 12.7. The van der Waals surface area contributed by atoms with E-state index in [0.717, 1.165) is 11.3 Å². The van der Waals surface area contributed by atoms with Gasteiger partial charge in [-0.2, -0.15) is 0 Å². The van der Waals surface area contributed by atoms with Crippen molar-refractivity contribution in [2.24, 2.45) is 0 Å². The Morgan fingerprint density at radius 3 is 2.34 bits per heavy atom. The fraction of sp³-hybridized carbons (Fsp3) is 0.300. The molecular weight excluding hydrogens is 396 g/mol. The average molecular weight is 418 g/mol. The van der Waals surface area contributed by atoms with E-state index in [4.69, 9.17) is 4.74 Å². The fourth-order valence-electron chi connectivity index (χ4n) is 2.48. The van der Waals surface area contributed by atoms with Crippen LogP contribution in [0.4, 0.5) is 10.7 Å². The van der Waals surface area contributed by atoms with Crippen molar-refractivity contribution in [1.82, 2.24) is 0 Å². The minimum absolute atomic E-state index is 0.0945. The minimum Gasteiger partial charge on any atom is -0.469 e. The number of para-hydroxylation sites is 1. The van der Waals surface area contributed by atoms with Crippen molar-refractivity contribution in [3.8, 4) is 0 Å². The van der Waals surface area contributed by atoms with Gasteiger partial charge in [-0.15, -0.1) is 11.3 Å². The average Bonchev–Trinajstić information content (AvgIpc) is 3.03. The third-order valence-electron chi connectivity index (χ3n) is 3.90. The van der Waals surface area contributed by atoms with Gasteiger partial charge in [0, 0.05) is 12.1 Å². The largest absolute Gasteiger partial charge is 0.469 e. The highest BCUT2D eigenvalue weighted by Gasteiger charge is 2.26. The zero-order valence-corrected chi connectivity index (χ0v) is 17.2. The standard InChI is InChI=1S/C20H22N2O6S/c1-4-28-20(26)16-12(2)17(18(25)21-13-8-6-5-7-9-13)29-19(16)22-14(23)10-11-15(24)27-3/h5-9H,4,10-11H2,1-3H3,(H,21,25)(H,22,23). The number of methoxy groups -OCH3 is 1. The van der Waals surface area contributed by atoms with Crippen LogP contribution in [0.15, 0.2) is 30.3 Å². The van der Waals surface area contributed by atoms with Crippen LogP contribution < -0.4 is 10.6 Å². The molecule has 2 amide bonds. The highest BCUT2D eigenvalue weighted by Crippen LogP contribution is 2.34. The zero-order chi connectivity index (χ0) is 21.4. The first-order chi connectivity index (χ1) is 13.9. The van der Waals surface area contributed by atoms with Gasteiger partial charge in [-0.1, -0.05) is 18.2 Å². The number of esters is 2. The van der Waals surface area contributed by atoms with E-state index in [9.17, 15) is 19.2 Å². The molecule has 1 heterocycles. The lowest BCUT2D eigenvalue weighted by atomic mass is 10.1. The second-order valence-electron chi connectivity index (χ2n) is 5.93. The SMILES string of the molecule is CCOC(=O)c1c(NC(=O)CCC(=O)OC)sc(C(=O)Nc2ccccc2)c1C. The van der Waals surface area contributed by atoms with Crippen molar-refractivity contribution in [1.29, 1.82) is 0 Å². The molecular formula is C20H22N2O6S. The van der Waals surface area contributed by atoms with Gasteiger partial charge in [-0.05, 0) is 31.5 Å². The van der Waals surface area contributed by atoms with Crippen LogP contribution in [0.5, 0.6) is 0 Å². The van der Waals surface area contributed by atoms with Crippen molar-refractivity contribution in [3.05, 3.63) is 46.3 Å². The molecule has 0 aliphatic heterocycles. The molecule has 2 N–H and O–H groups in total. The van der Waals surface area contributed by atoms with Gasteiger partial charge in [0.2, 0.25) is 5.91 Å². The topological polar surface area (TPSA) is 111 Å². The summed E-state index contributed by atoms with van der Waals surface area (Å²) in [4.78, 5) is 48.8. The van der Waals surface area contributed by atoms with Crippen LogP contribution in [-0.2, 0) is 19.1 Å².